The van der Waals surface area contributed by atoms with Crippen LogP contribution in [0.2, 0.25) is 0 Å². The highest BCUT2D eigenvalue weighted by atomic mass is 16.3. The summed E-state index contributed by atoms with van der Waals surface area (Å²) in [5.74, 6) is -0.778. The van der Waals surface area contributed by atoms with Crippen LogP contribution in [0.5, 0.6) is 0 Å². The van der Waals surface area contributed by atoms with Crippen molar-refractivity contribution in [2.45, 2.75) is 13.0 Å². The van der Waals surface area contributed by atoms with Gasteiger partial charge in [-0.3, -0.25) is 9.59 Å². The smallest absolute Gasteiger partial charge is 0.223 e. The van der Waals surface area contributed by atoms with Gasteiger partial charge < -0.3 is 5.11 Å². The van der Waals surface area contributed by atoms with Crippen molar-refractivity contribution in [3.05, 3.63) is 0 Å². The molecule has 3 heteroatoms. The van der Waals surface area contributed by atoms with E-state index in [0.29, 0.717) is 0 Å². The molecule has 7 heavy (non-hydrogen) atoms. The van der Waals surface area contributed by atoms with Crippen LogP contribution < -0.4 is 0 Å². The summed E-state index contributed by atoms with van der Waals surface area (Å²) in [5.41, 5.74) is 0. The molecule has 1 atom stereocenters. The maximum Gasteiger partial charge on any atom is 0.223 e. The van der Waals surface area contributed by atoms with E-state index in [0.717, 1.165) is 0 Å². The van der Waals surface area contributed by atoms with E-state index in [-0.39, 0.29) is 6.29 Å². The van der Waals surface area contributed by atoms with Gasteiger partial charge in [0.05, 0.1) is 0 Å². The summed E-state index contributed by atoms with van der Waals surface area (Å²) in [4.78, 5) is 19.3. The Bertz CT molecular complexity index is 84.9. The summed E-state index contributed by atoms with van der Waals surface area (Å²) >= 11 is 0. The van der Waals surface area contributed by atoms with E-state index in [1.807, 2.05) is 0 Å². The zero-order valence-corrected chi connectivity index (χ0v) is 3.92. The molecule has 1 unspecified atom stereocenters. The third-order valence-corrected chi connectivity index (χ3v) is 0.528. The van der Waals surface area contributed by atoms with Crippen LogP contribution in [0.1, 0.15) is 6.92 Å². The van der Waals surface area contributed by atoms with Crippen LogP contribution >= 0.6 is 0 Å². The van der Waals surface area contributed by atoms with Crippen molar-refractivity contribution < 1.29 is 14.7 Å². The van der Waals surface area contributed by atoms with Crippen LogP contribution in [-0.4, -0.2) is 23.3 Å². The molecule has 0 radical (unpaired) electrons. The number of hydrogen-bond donors (Lipinski definition) is 1. The van der Waals surface area contributed by atoms with Crippen LogP contribution in [0, 0.1) is 0 Å². The van der Waals surface area contributed by atoms with Crippen molar-refractivity contribution in [1.82, 2.24) is 0 Å². The van der Waals surface area contributed by atoms with Gasteiger partial charge in [0.1, 0.15) is 6.10 Å². The van der Waals surface area contributed by atoms with Crippen molar-refractivity contribution in [3.8, 4) is 0 Å². The van der Waals surface area contributed by atoms with Gasteiger partial charge in [-0.2, -0.15) is 0 Å². The standard InChI is InChI=1S/C4H6O3/c1-3(6)4(7)2-5/h2-3,6H,1H3. The Hall–Kier alpha value is -0.700. The van der Waals surface area contributed by atoms with E-state index in [2.05, 4.69) is 0 Å². The van der Waals surface area contributed by atoms with Gasteiger partial charge in [0, 0.05) is 0 Å². The lowest BCUT2D eigenvalue weighted by atomic mass is 10.3. The largest absolute Gasteiger partial charge is 0.385 e. The molecule has 0 fully saturated rings. The third kappa shape index (κ3) is 2.05. The van der Waals surface area contributed by atoms with E-state index in [4.69, 9.17) is 5.11 Å². The molecule has 0 aromatic carbocycles. The fourth-order valence-corrected chi connectivity index (χ4v) is 0.0985. The van der Waals surface area contributed by atoms with Crippen molar-refractivity contribution in [2.24, 2.45) is 0 Å². The minimum Gasteiger partial charge on any atom is -0.385 e. The second-order valence-electron chi connectivity index (χ2n) is 1.20. The Labute approximate surface area is 41.0 Å². The van der Waals surface area contributed by atoms with Gasteiger partial charge in [-0.1, -0.05) is 0 Å². The van der Waals surface area contributed by atoms with Crippen molar-refractivity contribution >= 4 is 12.1 Å². The number of ketones is 1. The molecule has 0 heterocycles. The Morgan fingerprint density at radius 2 is 2.29 bits per heavy atom. The number of rotatable bonds is 2. The fourth-order valence-electron chi connectivity index (χ4n) is 0.0985. The first kappa shape index (κ1) is 6.30. The summed E-state index contributed by atoms with van der Waals surface area (Å²) in [6.07, 6.45) is -1.04. The molecule has 0 aromatic heterocycles. The minimum atomic E-state index is -1.14. The molecular weight excluding hydrogens is 96.0 g/mol. The van der Waals surface area contributed by atoms with Gasteiger partial charge in [-0.05, 0) is 6.92 Å². The first-order valence-corrected chi connectivity index (χ1v) is 1.85. The summed E-state index contributed by atoms with van der Waals surface area (Å²) < 4.78 is 0. The molecule has 0 amide bonds. The predicted molar refractivity (Wildman–Crippen MR) is 22.8 cm³/mol. The van der Waals surface area contributed by atoms with Gasteiger partial charge in [-0.25, -0.2) is 0 Å². The summed E-state index contributed by atoms with van der Waals surface area (Å²) in [5, 5.41) is 8.24. The Kier molecular flexibility index (Phi) is 2.22. The van der Waals surface area contributed by atoms with Crippen LogP contribution in [0.3, 0.4) is 0 Å². The van der Waals surface area contributed by atoms with E-state index < -0.39 is 11.9 Å². The summed E-state index contributed by atoms with van der Waals surface area (Å²) in [6, 6.07) is 0. The highest BCUT2D eigenvalue weighted by Crippen LogP contribution is 1.75. The predicted octanol–water partition coefficient (Wildman–Crippen LogP) is -0.865. The molecule has 0 bridgehead atoms. The third-order valence-electron chi connectivity index (χ3n) is 0.528. The fraction of sp³-hybridized carbons (Fsp3) is 0.500. The van der Waals surface area contributed by atoms with Gasteiger partial charge >= 0.3 is 0 Å². The van der Waals surface area contributed by atoms with Crippen LogP contribution in [0.4, 0.5) is 0 Å². The van der Waals surface area contributed by atoms with E-state index in [1.165, 1.54) is 6.92 Å². The van der Waals surface area contributed by atoms with Crippen molar-refractivity contribution in [1.29, 1.82) is 0 Å². The van der Waals surface area contributed by atoms with Crippen LogP contribution in [0.15, 0.2) is 0 Å². The average molecular weight is 102 g/mol. The lowest BCUT2D eigenvalue weighted by molar-refractivity contribution is -0.134. The number of carbonyl (C=O) groups excluding carboxylic acids is 2. The molecule has 3 nitrogen and oxygen atoms in total. The summed E-state index contributed by atoms with van der Waals surface area (Å²) in [6.45, 7) is 1.25. The first-order valence-electron chi connectivity index (χ1n) is 1.85. The molecule has 0 rings (SSSR count). The topological polar surface area (TPSA) is 54.4 Å². The average Bonchev–Trinajstić information content (AvgIpc) is 1.65. The lowest BCUT2D eigenvalue weighted by Crippen LogP contribution is -2.16. The number of carbonyl (C=O) groups is 2. The molecule has 0 aliphatic carbocycles. The number of aliphatic hydroxyl groups is 1. The van der Waals surface area contributed by atoms with Crippen LogP contribution in [-0.2, 0) is 9.59 Å². The number of Topliss-reactive ketones (excluding diaryl/α,β-unsaturated/α-hetero) is 1. The molecule has 0 aromatic rings. The van der Waals surface area contributed by atoms with E-state index in [1.54, 1.807) is 0 Å². The maximum absolute atomic E-state index is 9.89. The monoisotopic (exact) mass is 102 g/mol. The van der Waals surface area contributed by atoms with Crippen molar-refractivity contribution in [3.63, 3.8) is 0 Å². The minimum absolute atomic E-state index is 0.102. The molecule has 0 saturated heterocycles. The Balaban J connectivity index is 3.56. The molecule has 40 valence electrons. The SMILES string of the molecule is CC(O)C(=O)C=O. The molecule has 0 aliphatic rings. The number of hydrogen-bond acceptors (Lipinski definition) is 3. The molecule has 1 N–H and O–H groups in total. The maximum atomic E-state index is 9.89. The molecule has 0 aliphatic heterocycles. The Morgan fingerprint density at radius 1 is 1.86 bits per heavy atom. The van der Waals surface area contributed by atoms with Gasteiger partial charge in [0.2, 0.25) is 5.78 Å². The van der Waals surface area contributed by atoms with Gasteiger partial charge in [0.15, 0.2) is 6.29 Å². The quantitative estimate of drug-likeness (QED) is 0.364. The zero-order valence-electron chi connectivity index (χ0n) is 3.92. The highest BCUT2D eigenvalue weighted by molar-refractivity contribution is 6.26. The lowest BCUT2D eigenvalue weighted by Gasteiger charge is -1.89. The van der Waals surface area contributed by atoms with Crippen LogP contribution in [0.25, 0.3) is 0 Å². The number of aldehydes is 1. The number of aliphatic hydroxyl groups excluding tert-OH is 1. The molecule has 0 saturated carbocycles. The second-order valence-corrected chi connectivity index (χ2v) is 1.20. The van der Waals surface area contributed by atoms with E-state index in [9.17, 15) is 9.59 Å². The molecule has 0 spiro atoms. The van der Waals surface area contributed by atoms with Crippen molar-refractivity contribution in [2.75, 3.05) is 0 Å². The van der Waals surface area contributed by atoms with Gasteiger partial charge in [-0.15, -0.1) is 0 Å². The summed E-state index contributed by atoms with van der Waals surface area (Å²) in [7, 11) is 0. The zero-order chi connectivity index (χ0) is 5.86. The normalized spacial score (nSPS) is 12.9. The first-order chi connectivity index (χ1) is 3.18. The van der Waals surface area contributed by atoms with Gasteiger partial charge in [0.25, 0.3) is 0 Å². The second kappa shape index (κ2) is 2.47. The highest BCUT2D eigenvalue weighted by Gasteiger charge is 2.04. The van der Waals surface area contributed by atoms with E-state index >= 15 is 0 Å². The Morgan fingerprint density at radius 3 is 2.29 bits per heavy atom. The molecular formula is C4H6O3.